The summed E-state index contributed by atoms with van der Waals surface area (Å²) < 4.78 is 25.0. The van der Waals surface area contributed by atoms with Crippen LogP contribution >= 0.6 is 0 Å². The largest absolute Gasteiger partial charge is 0.391 e. The van der Waals surface area contributed by atoms with E-state index in [4.69, 9.17) is 0 Å². The molecule has 0 aliphatic rings. The highest BCUT2D eigenvalue weighted by molar-refractivity contribution is 7.89. The van der Waals surface area contributed by atoms with Gasteiger partial charge in [0.05, 0.1) is 11.9 Å². The van der Waals surface area contributed by atoms with Crippen LogP contribution in [0.4, 0.5) is 0 Å². The van der Waals surface area contributed by atoms with Gasteiger partial charge in [-0.2, -0.15) is 0 Å². The number of aliphatic hydroxyl groups is 1. The highest BCUT2D eigenvalue weighted by atomic mass is 32.2. The van der Waals surface area contributed by atoms with Gasteiger partial charge in [-0.15, -0.1) is 0 Å². The Morgan fingerprint density at radius 3 is 2.36 bits per heavy atom. The Morgan fingerprint density at radius 1 is 1.36 bits per heavy atom. The number of hydrogen-bond donors (Lipinski definition) is 2. The summed E-state index contributed by atoms with van der Waals surface area (Å²) in [7, 11) is -3.18. The molecule has 86 valence electrons. The molecule has 5 heteroatoms. The van der Waals surface area contributed by atoms with Gasteiger partial charge in [-0.3, -0.25) is 0 Å². The van der Waals surface area contributed by atoms with E-state index in [0.29, 0.717) is 6.42 Å². The Hall–Kier alpha value is -0.130. The van der Waals surface area contributed by atoms with Gasteiger partial charge in [-0.1, -0.05) is 27.2 Å². The van der Waals surface area contributed by atoms with Gasteiger partial charge in [-0.25, -0.2) is 13.1 Å². The lowest BCUT2D eigenvalue weighted by Gasteiger charge is -2.14. The molecule has 0 spiro atoms. The summed E-state index contributed by atoms with van der Waals surface area (Å²) in [6.45, 7) is 5.76. The summed E-state index contributed by atoms with van der Waals surface area (Å²) in [5, 5.41) is 9.39. The number of nitrogens with one attached hydrogen (secondary N) is 1. The average Bonchev–Trinajstić information content (AvgIpc) is 2.11. The van der Waals surface area contributed by atoms with E-state index in [1.807, 2.05) is 20.8 Å². The van der Waals surface area contributed by atoms with Crippen molar-refractivity contribution in [3.8, 4) is 0 Å². The van der Waals surface area contributed by atoms with Crippen molar-refractivity contribution in [1.82, 2.24) is 4.72 Å². The van der Waals surface area contributed by atoms with Crippen LogP contribution in [0, 0.1) is 5.92 Å². The summed E-state index contributed by atoms with van der Waals surface area (Å²) in [5.41, 5.74) is 0. The number of sulfonamides is 1. The second kappa shape index (κ2) is 6.37. The fourth-order valence-corrected chi connectivity index (χ4v) is 2.09. The summed E-state index contributed by atoms with van der Waals surface area (Å²) in [4.78, 5) is 0. The summed E-state index contributed by atoms with van der Waals surface area (Å²) in [6, 6.07) is 0. The lowest BCUT2D eigenvalue weighted by atomic mass is 10.1. The predicted octanol–water partition coefficient (Wildman–Crippen LogP) is 0.723. The number of unbranched alkanes of at least 4 members (excludes halogenated alkanes) is 1. The monoisotopic (exact) mass is 223 g/mol. The third kappa shape index (κ3) is 6.34. The number of rotatable bonds is 7. The second-order valence-corrected chi connectivity index (χ2v) is 5.76. The summed E-state index contributed by atoms with van der Waals surface area (Å²) in [5.74, 6) is 0.220. The molecule has 0 aromatic heterocycles. The van der Waals surface area contributed by atoms with E-state index in [1.54, 1.807) is 0 Å². The molecule has 0 aliphatic carbocycles. The highest BCUT2D eigenvalue weighted by Gasteiger charge is 2.14. The van der Waals surface area contributed by atoms with Crippen molar-refractivity contribution >= 4 is 10.0 Å². The molecule has 0 fully saturated rings. The lowest BCUT2D eigenvalue weighted by molar-refractivity contribution is 0.129. The normalized spacial score (nSPS) is 14.6. The van der Waals surface area contributed by atoms with Crippen molar-refractivity contribution < 1.29 is 13.5 Å². The van der Waals surface area contributed by atoms with Crippen LogP contribution in [0.5, 0.6) is 0 Å². The number of hydrogen-bond acceptors (Lipinski definition) is 3. The van der Waals surface area contributed by atoms with Gasteiger partial charge in [-0.05, 0) is 12.3 Å². The smallest absolute Gasteiger partial charge is 0.211 e. The molecule has 0 rings (SSSR count). The van der Waals surface area contributed by atoms with E-state index in [2.05, 4.69) is 4.72 Å². The zero-order valence-corrected chi connectivity index (χ0v) is 9.97. The van der Waals surface area contributed by atoms with Crippen molar-refractivity contribution in [1.29, 1.82) is 0 Å². The van der Waals surface area contributed by atoms with Crippen LogP contribution in [-0.2, 0) is 10.0 Å². The van der Waals surface area contributed by atoms with Crippen LogP contribution in [0.2, 0.25) is 0 Å². The van der Waals surface area contributed by atoms with Crippen LogP contribution in [0.3, 0.4) is 0 Å². The van der Waals surface area contributed by atoms with Crippen molar-refractivity contribution in [3.63, 3.8) is 0 Å². The molecule has 0 aromatic rings. The fraction of sp³-hybridized carbons (Fsp3) is 1.00. The van der Waals surface area contributed by atoms with Gasteiger partial charge in [0, 0.05) is 6.54 Å². The topological polar surface area (TPSA) is 66.4 Å². The van der Waals surface area contributed by atoms with Crippen LogP contribution in [0.25, 0.3) is 0 Å². The van der Waals surface area contributed by atoms with Gasteiger partial charge in [0.25, 0.3) is 0 Å². The molecule has 0 heterocycles. The molecule has 1 atom stereocenters. The van der Waals surface area contributed by atoms with Gasteiger partial charge in [0.1, 0.15) is 0 Å². The molecule has 2 N–H and O–H groups in total. The Bertz CT molecular complexity index is 236. The van der Waals surface area contributed by atoms with Gasteiger partial charge in [0.15, 0.2) is 0 Å². The highest BCUT2D eigenvalue weighted by Crippen LogP contribution is 2.00. The summed E-state index contributed by atoms with van der Waals surface area (Å²) in [6.07, 6.45) is 0.909. The van der Waals surface area contributed by atoms with E-state index in [1.165, 1.54) is 0 Å². The maximum Gasteiger partial charge on any atom is 0.211 e. The molecule has 14 heavy (non-hydrogen) atoms. The van der Waals surface area contributed by atoms with Crippen molar-refractivity contribution in [2.75, 3.05) is 12.3 Å². The second-order valence-electron chi connectivity index (χ2n) is 3.83. The Kier molecular flexibility index (Phi) is 6.31. The molecule has 0 unspecified atom stereocenters. The predicted molar refractivity (Wildman–Crippen MR) is 57.5 cm³/mol. The lowest BCUT2D eigenvalue weighted by Crippen LogP contribution is -2.35. The Balaban J connectivity index is 3.87. The molecule has 0 bridgehead atoms. The van der Waals surface area contributed by atoms with Crippen molar-refractivity contribution in [2.24, 2.45) is 5.92 Å². The molecule has 4 nitrogen and oxygen atoms in total. The van der Waals surface area contributed by atoms with E-state index in [0.717, 1.165) is 6.42 Å². The summed E-state index contributed by atoms with van der Waals surface area (Å²) >= 11 is 0. The maximum atomic E-state index is 11.3. The van der Waals surface area contributed by atoms with Crippen LogP contribution in [-0.4, -0.2) is 31.9 Å². The van der Waals surface area contributed by atoms with Crippen LogP contribution in [0.1, 0.15) is 33.6 Å². The SMILES string of the molecule is CCCCS(=O)(=O)NC[C@@H](O)C(C)C. The van der Waals surface area contributed by atoms with E-state index in [9.17, 15) is 13.5 Å². The Morgan fingerprint density at radius 2 is 1.93 bits per heavy atom. The number of aliphatic hydroxyl groups excluding tert-OH is 1. The van der Waals surface area contributed by atoms with Crippen molar-refractivity contribution in [3.05, 3.63) is 0 Å². The molecule has 0 radical (unpaired) electrons. The first-order valence-corrected chi connectivity index (χ1v) is 6.69. The minimum Gasteiger partial charge on any atom is -0.391 e. The first-order valence-electron chi connectivity index (χ1n) is 5.04. The molecule has 0 aromatic carbocycles. The fourth-order valence-electron chi connectivity index (χ4n) is 0.855. The zero-order chi connectivity index (χ0) is 11.2. The van der Waals surface area contributed by atoms with Gasteiger partial charge < -0.3 is 5.11 Å². The molecule has 0 amide bonds. The third-order valence-electron chi connectivity index (χ3n) is 2.05. The van der Waals surface area contributed by atoms with E-state index in [-0.39, 0.29) is 18.2 Å². The molecular formula is C9H21NO3S. The zero-order valence-electron chi connectivity index (χ0n) is 9.16. The Labute approximate surface area is 86.8 Å². The first-order chi connectivity index (χ1) is 6.39. The first kappa shape index (κ1) is 13.9. The maximum absolute atomic E-state index is 11.3. The van der Waals surface area contributed by atoms with Crippen molar-refractivity contribution in [2.45, 2.75) is 39.7 Å². The molecule has 0 aliphatic heterocycles. The average molecular weight is 223 g/mol. The third-order valence-corrected chi connectivity index (χ3v) is 3.48. The van der Waals surface area contributed by atoms with E-state index < -0.39 is 16.1 Å². The molecule has 0 saturated heterocycles. The molecular weight excluding hydrogens is 202 g/mol. The van der Waals surface area contributed by atoms with Gasteiger partial charge >= 0.3 is 0 Å². The van der Waals surface area contributed by atoms with E-state index >= 15 is 0 Å². The minimum atomic E-state index is -3.18. The quantitative estimate of drug-likeness (QED) is 0.668. The minimum absolute atomic E-state index is 0.0730. The molecule has 0 saturated carbocycles. The van der Waals surface area contributed by atoms with Crippen LogP contribution < -0.4 is 4.72 Å². The van der Waals surface area contributed by atoms with Crippen LogP contribution in [0.15, 0.2) is 0 Å². The standard InChI is InChI=1S/C9H21NO3S/c1-4-5-6-14(12,13)10-7-9(11)8(2)3/h8-11H,4-7H2,1-3H3/t9-/m1/s1. The van der Waals surface area contributed by atoms with Gasteiger partial charge in [0.2, 0.25) is 10.0 Å².